The maximum absolute atomic E-state index is 13.3. The highest BCUT2D eigenvalue weighted by Gasteiger charge is 2.49. The van der Waals surface area contributed by atoms with Crippen LogP contribution in [0.25, 0.3) is 0 Å². The predicted molar refractivity (Wildman–Crippen MR) is 109 cm³/mol. The van der Waals surface area contributed by atoms with Gasteiger partial charge in [-0.25, -0.2) is 4.39 Å². The number of aliphatic hydroxyl groups is 3. The molecule has 0 spiro atoms. The third-order valence-corrected chi connectivity index (χ3v) is 5.48. The number of rotatable bonds is 7. The van der Waals surface area contributed by atoms with Crippen molar-refractivity contribution in [3.63, 3.8) is 0 Å². The molecule has 1 aliphatic rings. The number of primary amides is 1. The fourth-order valence-corrected chi connectivity index (χ4v) is 3.70. The number of benzene rings is 1. The Morgan fingerprint density at radius 3 is 2.48 bits per heavy atom. The molecule has 1 aromatic rings. The molecule has 11 heteroatoms. The van der Waals surface area contributed by atoms with E-state index in [-0.39, 0.29) is 22.9 Å². The molecule has 0 aromatic heterocycles. The Bertz CT molecular complexity index is 854. The minimum atomic E-state index is -2.18. The van der Waals surface area contributed by atoms with Crippen molar-refractivity contribution in [2.24, 2.45) is 11.7 Å². The predicted octanol–water partition coefficient (Wildman–Crippen LogP) is -0.160. The summed E-state index contributed by atoms with van der Waals surface area (Å²) in [4.78, 5) is 36.8. The molecule has 31 heavy (non-hydrogen) atoms. The van der Waals surface area contributed by atoms with Crippen molar-refractivity contribution in [2.75, 3.05) is 0 Å². The lowest BCUT2D eigenvalue weighted by molar-refractivity contribution is -0.159. The van der Waals surface area contributed by atoms with Gasteiger partial charge in [0.05, 0.1) is 17.2 Å². The first kappa shape index (κ1) is 25.0. The number of nitrogens with two attached hydrogens (primary N) is 1. The summed E-state index contributed by atoms with van der Waals surface area (Å²) < 4.78 is 13.3. The highest BCUT2D eigenvalue weighted by Crippen LogP contribution is 2.30. The molecule has 9 nitrogen and oxygen atoms in total. The topological polar surface area (TPSA) is 162 Å². The Morgan fingerprint density at radius 2 is 1.94 bits per heavy atom. The van der Waals surface area contributed by atoms with Gasteiger partial charge in [-0.05, 0) is 30.5 Å². The highest BCUT2D eigenvalue weighted by molar-refractivity contribution is 6.31. The van der Waals surface area contributed by atoms with Gasteiger partial charge in [0.25, 0.3) is 11.8 Å². The van der Waals surface area contributed by atoms with Crippen molar-refractivity contribution >= 4 is 29.3 Å². The Hall–Kier alpha value is -2.27. The molecule has 1 fully saturated rings. The number of hydrogen-bond acceptors (Lipinski definition) is 6. The van der Waals surface area contributed by atoms with Crippen LogP contribution in [-0.4, -0.2) is 62.9 Å². The summed E-state index contributed by atoms with van der Waals surface area (Å²) >= 11 is 5.67. The number of nitrogens with one attached hydrogen (secondary N) is 2. The first-order chi connectivity index (χ1) is 14.3. The minimum Gasteiger partial charge on any atom is -0.390 e. The zero-order chi connectivity index (χ0) is 23.5. The molecule has 172 valence electrons. The molecule has 3 amide bonds. The first-order valence-corrected chi connectivity index (χ1v) is 10.2. The van der Waals surface area contributed by atoms with Crippen LogP contribution in [0.4, 0.5) is 4.39 Å². The number of amides is 3. The lowest BCUT2D eigenvalue weighted by Crippen LogP contribution is -2.64. The molecule has 2 rings (SSSR count). The number of halogens is 2. The van der Waals surface area contributed by atoms with Gasteiger partial charge in [-0.15, -0.1) is 0 Å². The molecule has 7 N–H and O–H groups in total. The molecule has 5 unspecified atom stereocenters. The van der Waals surface area contributed by atoms with Gasteiger partial charge >= 0.3 is 0 Å². The van der Waals surface area contributed by atoms with E-state index >= 15 is 0 Å². The van der Waals surface area contributed by atoms with E-state index in [9.17, 15) is 34.1 Å². The van der Waals surface area contributed by atoms with Crippen LogP contribution in [0.2, 0.25) is 5.02 Å². The first-order valence-electron chi connectivity index (χ1n) is 9.78. The molecule has 0 saturated heterocycles. The van der Waals surface area contributed by atoms with Gasteiger partial charge < -0.3 is 31.7 Å². The van der Waals surface area contributed by atoms with Crippen LogP contribution in [0.1, 0.15) is 43.5 Å². The van der Waals surface area contributed by atoms with Crippen molar-refractivity contribution in [3.8, 4) is 0 Å². The second kappa shape index (κ2) is 9.90. The molecule has 0 bridgehead atoms. The van der Waals surface area contributed by atoms with Crippen LogP contribution < -0.4 is 16.4 Å². The maximum Gasteiger partial charge on any atom is 0.252 e. The Balaban J connectivity index is 2.17. The van der Waals surface area contributed by atoms with Gasteiger partial charge in [0.2, 0.25) is 5.91 Å². The van der Waals surface area contributed by atoms with E-state index in [2.05, 4.69) is 10.6 Å². The number of carbonyl (C=O) groups is 3. The molecule has 0 radical (unpaired) electrons. The fourth-order valence-electron chi connectivity index (χ4n) is 3.52. The van der Waals surface area contributed by atoms with Crippen LogP contribution in [0.5, 0.6) is 0 Å². The van der Waals surface area contributed by atoms with E-state index in [1.54, 1.807) is 0 Å². The second-order valence-corrected chi connectivity index (χ2v) is 8.67. The van der Waals surface area contributed by atoms with E-state index in [1.165, 1.54) is 6.07 Å². The third kappa shape index (κ3) is 6.13. The standard InChI is InChI=1S/C20H27ClFN3O6/c1-9(2)5-13(17(23)28)25-19(30)20(31)7-14(16(27)15(26)8-20)24-18(29)10-3-4-12(22)11(21)6-10/h3-4,6,9,13-16,26-27,31H,5,7-8H2,1-2H3,(H2,23,28)(H,24,29)(H,25,30). The average Bonchev–Trinajstić information content (AvgIpc) is 2.66. The van der Waals surface area contributed by atoms with E-state index in [1.807, 2.05) is 13.8 Å². The summed E-state index contributed by atoms with van der Waals surface area (Å²) in [5, 5.41) is 35.8. The van der Waals surface area contributed by atoms with Crippen LogP contribution in [0.3, 0.4) is 0 Å². The largest absolute Gasteiger partial charge is 0.390 e. The minimum absolute atomic E-state index is 0.0163. The second-order valence-electron chi connectivity index (χ2n) is 8.26. The van der Waals surface area contributed by atoms with E-state index < -0.39 is 66.3 Å². The van der Waals surface area contributed by atoms with E-state index in [4.69, 9.17) is 17.3 Å². The normalized spacial score (nSPS) is 26.9. The molecular formula is C20H27ClFN3O6. The van der Waals surface area contributed by atoms with E-state index in [0.717, 1.165) is 12.1 Å². The Morgan fingerprint density at radius 1 is 1.29 bits per heavy atom. The molecule has 0 aliphatic heterocycles. The molecule has 1 saturated carbocycles. The molecule has 5 atom stereocenters. The van der Waals surface area contributed by atoms with Gasteiger partial charge in [-0.2, -0.15) is 0 Å². The Labute approximate surface area is 183 Å². The zero-order valence-electron chi connectivity index (χ0n) is 17.1. The van der Waals surface area contributed by atoms with Crippen LogP contribution in [0, 0.1) is 11.7 Å². The molecule has 1 aliphatic carbocycles. The summed E-state index contributed by atoms with van der Waals surface area (Å²) in [6.45, 7) is 3.65. The van der Waals surface area contributed by atoms with Crippen molar-refractivity contribution in [3.05, 3.63) is 34.6 Å². The van der Waals surface area contributed by atoms with Crippen molar-refractivity contribution in [1.29, 1.82) is 0 Å². The van der Waals surface area contributed by atoms with Gasteiger partial charge in [0.1, 0.15) is 23.6 Å². The lowest BCUT2D eigenvalue weighted by Gasteiger charge is -2.41. The highest BCUT2D eigenvalue weighted by atomic mass is 35.5. The zero-order valence-corrected chi connectivity index (χ0v) is 17.9. The molecule has 0 heterocycles. The van der Waals surface area contributed by atoms with Crippen molar-refractivity contribution in [1.82, 2.24) is 10.6 Å². The van der Waals surface area contributed by atoms with Gasteiger partial charge in [0, 0.05) is 18.4 Å². The quantitative estimate of drug-likeness (QED) is 0.332. The number of aliphatic hydroxyl groups excluding tert-OH is 2. The van der Waals surface area contributed by atoms with Crippen molar-refractivity contribution < 1.29 is 34.1 Å². The van der Waals surface area contributed by atoms with Crippen molar-refractivity contribution in [2.45, 2.75) is 63.0 Å². The SMILES string of the molecule is CC(C)CC(NC(=O)C1(O)CC(O)C(O)C(NC(=O)c2ccc(F)c(Cl)c2)C1)C(N)=O. The van der Waals surface area contributed by atoms with Gasteiger partial charge in [-0.1, -0.05) is 25.4 Å². The monoisotopic (exact) mass is 459 g/mol. The third-order valence-electron chi connectivity index (χ3n) is 5.19. The van der Waals surface area contributed by atoms with Crippen LogP contribution >= 0.6 is 11.6 Å². The molecular weight excluding hydrogens is 433 g/mol. The lowest BCUT2D eigenvalue weighted by atomic mass is 9.77. The van der Waals surface area contributed by atoms with Gasteiger partial charge in [0.15, 0.2) is 0 Å². The maximum atomic E-state index is 13.3. The number of hydrogen-bond donors (Lipinski definition) is 6. The summed E-state index contributed by atoms with van der Waals surface area (Å²) in [5.74, 6) is -3.17. The molecule has 1 aromatic carbocycles. The smallest absolute Gasteiger partial charge is 0.252 e. The van der Waals surface area contributed by atoms with Gasteiger partial charge in [-0.3, -0.25) is 14.4 Å². The summed E-state index contributed by atoms with van der Waals surface area (Å²) in [6, 6.07) is 0.999. The van der Waals surface area contributed by atoms with Crippen LogP contribution in [0.15, 0.2) is 18.2 Å². The fraction of sp³-hybridized carbons (Fsp3) is 0.550. The number of carbonyl (C=O) groups excluding carboxylic acids is 3. The van der Waals surface area contributed by atoms with E-state index in [0.29, 0.717) is 0 Å². The average molecular weight is 460 g/mol. The summed E-state index contributed by atoms with van der Waals surface area (Å²) in [7, 11) is 0. The Kier molecular flexibility index (Phi) is 7.98. The van der Waals surface area contributed by atoms with Crippen LogP contribution in [-0.2, 0) is 9.59 Å². The summed E-state index contributed by atoms with van der Waals surface area (Å²) in [6.07, 6.45) is -3.72. The summed E-state index contributed by atoms with van der Waals surface area (Å²) in [5.41, 5.74) is 3.12.